The number of anilines is 3. The molecule has 0 bridgehead atoms. The molecule has 0 fully saturated rings. The van der Waals surface area contributed by atoms with Gasteiger partial charge in [0.2, 0.25) is 0 Å². The van der Waals surface area contributed by atoms with E-state index < -0.39 is 0 Å². The van der Waals surface area contributed by atoms with E-state index in [0.717, 1.165) is 6.67 Å². The summed E-state index contributed by atoms with van der Waals surface area (Å²) in [5.74, 6) is 1.92. The van der Waals surface area contributed by atoms with Gasteiger partial charge < -0.3 is 20.0 Å². The van der Waals surface area contributed by atoms with Crippen LogP contribution in [0.5, 0.6) is 0 Å². The van der Waals surface area contributed by atoms with Crippen molar-refractivity contribution in [2.24, 2.45) is 0 Å². The molecule has 0 saturated carbocycles. The van der Waals surface area contributed by atoms with Crippen molar-refractivity contribution in [1.29, 1.82) is 0 Å². The average Bonchev–Trinajstić information content (AvgIpc) is 3.71. The summed E-state index contributed by atoms with van der Waals surface area (Å²) in [4.78, 5) is 6.75. The van der Waals surface area contributed by atoms with Crippen LogP contribution in [0.3, 0.4) is 0 Å². The van der Waals surface area contributed by atoms with Crippen molar-refractivity contribution in [2.45, 2.75) is 79.1 Å². The molecule has 0 saturated heterocycles. The maximum atomic E-state index is 4.81. The van der Waals surface area contributed by atoms with Crippen LogP contribution in [-0.4, -0.2) is 6.67 Å². The molecule has 0 amide bonds. The summed E-state index contributed by atoms with van der Waals surface area (Å²) in [6, 6.07) is 23.7. The third-order valence-corrected chi connectivity index (χ3v) is 7.51. The average molecular weight is 712 g/mol. The van der Waals surface area contributed by atoms with Gasteiger partial charge in [0.1, 0.15) is 0 Å². The molecule has 236 valence electrons. The van der Waals surface area contributed by atoms with Crippen LogP contribution < -0.4 is 14.7 Å². The van der Waals surface area contributed by atoms with Gasteiger partial charge in [0, 0.05) is 17.1 Å². The Morgan fingerprint density at radius 1 is 0.605 bits per heavy atom. The van der Waals surface area contributed by atoms with Crippen molar-refractivity contribution in [3.63, 3.8) is 0 Å². The molecule has 0 aromatic heterocycles. The topological polar surface area (TPSA) is 23.8 Å². The van der Waals surface area contributed by atoms with Crippen LogP contribution in [-0.2, 0) is 15.9 Å². The fourth-order valence-corrected chi connectivity index (χ4v) is 5.34. The minimum atomic E-state index is -0.106. The first-order valence-electron chi connectivity index (χ1n) is 14.9. The molecular formula is C36H46Cl2N4Pd-2. The molecule has 2 aliphatic rings. The third kappa shape index (κ3) is 9.29. The predicted octanol–water partition coefficient (Wildman–Crippen LogP) is 11.8. The van der Waals surface area contributed by atoms with Crippen LogP contribution in [0.4, 0.5) is 17.1 Å². The Balaban J connectivity index is 0.000000297. The van der Waals surface area contributed by atoms with Crippen LogP contribution in [0.15, 0.2) is 91.5 Å². The Labute approximate surface area is 276 Å². The van der Waals surface area contributed by atoms with Gasteiger partial charge in [-0.1, -0.05) is 117 Å². The molecule has 0 N–H and O–H groups in total. The summed E-state index contributed by atoms with van der Waals surface area (Å²) in [5.41, 5.74) is 9.49. The standard InChI is InChI=1S/C27H37N2.C9H9N2.2ClH.Pd/c1-18(2)22-11-9-12-23(19(3)4)26(22)28-15-16-29(17-28)27-24(20(5)6)13-10-14-25(27)21(7)8;1-2-4-9(5-3-1)11-7-6-10-8-11;;;/h9-21H,1-8H3;1-7H,8H2;2*1H;/q2*-1;;;+2/p-2. The zero-order valence-corrected chi connectivity index (χ0v) is 29.7. The fourth-order valence-electron chi connectivity index (χ4n) is 5.34. The molecule has 3 aromatic carbocycles. The van der Waals surface area contributed by atoms with Crippen LogP contribution >= 0.6 is 19.1 Å². The van der Waals surface area contributed by atoms with E-state index in [2.05, 4.69) is 143 Å². The number of rotatable bonds is 7. The predicted molar refractivity (Wildman–Crippen MR) is 186 cm³/mol. The first-order valence-corrected chi connectivity index (χ1v) is 18.9. The quantitative estimate of drug-likeness (QED) is 0.180. The van der Waals surface area contributed by atoms with Crippen molar-refractivity contribution in [2.75, 3.05) is 21.4 Å². The van der Waals surface area contributed by atoms with E-state index in [0.29, 0.717) is 23.7 Å². The van der Waals surface area contributed by atoms with Gasteiger partial charge in [-0.2, -0.15) is 6.20 Å². The van der Waals surface area contributed by atoms with E-state index in [-0.39, 0.29) is 15.9 Å². The first-order chi connectivity index (χ1) is 20.6. The Kier molecular flexibility index (Phi) is 14.0. The Hall–Kier alpha value is -2.42. The number of halogens is 2. The molecule has 5 rings (SSSR count). The second-order valence-electron chi connectivity index (χ2n) is 11.9. The molecule has 4 nitrogen and oxygen atoms in total. The van der Waals surface area contributed by atoms with Gasteiger partial charge in [0.05, 0.1) is 0 Å². The zero-order chi connectivity index (χ0) is 31.5. The molecule has 0 spiro atoms. The van der Waals surface area contributed by atoms with Crippen molar-refractivity contribution in [3.05, 3.63) is 126 Å². The van der Waals surface area contributed by atoms with E-state index in [4.69, 9.17) is 19.1 Å². The summed E-state index contributed by atoms with van der Waals surface area (Å²) in [6.07, 6.45) is 8.24. The van der Waals surface area contributed by atoms with Crippen LogP contribution in [0.1, 0.15) is 101 Å². The summed E-state index contributed by atoms with van der Waals surface area (Å²) < 4.78 is 0. The monoisotopic (exact) mass is 710 g/mol. The molecule has 0 aliphatic carbocycles. The van der Waals surface area contributed by atoms with E-state index in [9.17, 15) is 0 Å². The number of para-hydroxylation sites is 3. The summed E-state index contributed by atoms with van der Waals surface area (Å²) in [7, 11) is 9.63. The number of hydrogen-bond donors (Lipinski definition) is 0. The molecule has 0 unspecified atom stereocenters. The summed E-state index contributed by atoms with van der Waals surface area (Å²) >= 11 is -0.106. The normalized spacial score (nSPS) is 14.0. The second kappa shape index (κ2) is 17.2. The van der Waals surface area contributed by atoms with Gasteiger partial charge in [-0.3, -0.25) is 0 Å². The van der Waals surface area contributed by atoms with E-state index in [1.807, 2.05) is 30.6 Å². The molecule has 3 aromatic rings. The summed E-state index contributed by atoms with van der Waals surface area (Å²) in [6.45, 7) is 21.3. The van der Waals surface area contributed by atoms with Crippen molar-refractivity contribution in [1.82, 2.24) is 0 Å². The minimum absolute atomic E-state index is 0.106. The second-order valence-corrected chi connectivity index (χ2v) is 14.2. The van der Waals surface area contributed by atoms with Gasteiger partial charge in [0.15, 0.2) is 0 Å². The molecule has 43 heavy (non-hydrogen) atoms. The van der Waals surface area contributed by atoms with Gasteiger partial charge in [0.25, 0.3) is 0 Å². The third-order valence-electron chi connectivity index (χ3n) is 7.51. The Morgan fingerprint density at radius 3 is 1.33 bits per heavy atom. The van der Waals surface area contributed by atoms with Gasteiger partial charge in [-0.05, 0) is 76.7 Å². The Morgan fingerprint density at radius 2 is 1.00 bits per heavy atom. The fraction of sp³-hybridized carbons (Fsp3) is 0.361. The number of nitrogens with zero attached hydrogens (tertiary/aromatic N) is 4. The summed E-state index contributed by atoms with van der Waals surface area (Å²) in [5, 5.41) is 4.09. The van der Waals surface area contributed by atoms with Crippen molar-refractivity contribution >= 4 is 36.1 Å². The van der Waals surface area contributed by atoms with Crippen LogP contribution in [0.25, 0.3) is 5.32 Å². The van der Waals surface area contributed by atoms with Crippen molar-refractivity contribution < 1.29 is 15.9 Å². The van der Waals surface area contributed by atoms with E-state index >= 15 is 0 Å². The SMILES string of the molecule is C1=CN(c2ccccc2)C[N-]1.CC(C)c1cccc(C(C)C)c1N1C=CN(c2c(C(C)C)cccc2C(C)C)[CH-]1.[Cl][Pd][Cl]. The van der Waals surface area contributed by atoms with E-state index in [1.165, 1.54) is 39.3 Å². The molecule has 7 heteroatoms. The van der Waals surface area contributed by atoms with Gasteiger partial charge in [-0.25, -0.2) is 0 Å². The first kappa shape index (κ1) is 35.1. The van der Waals surface area contributed by atoms with Crippen molar-refractivity contribution in [3.8, 4) is 0 Å². The molecular weight excluding hydrogens is 666 g/mol. The van der Waals surface area contributed by atoms with E-state index in [1.54, 1.807) is 0 Å². The molecule has 0 radical (unpaired) electrons. The van der Waals surface area contributed by atoms with Gasteiger partial charge >= 0.3 is 35.0 Å². The van der Waals surface area contributed by atoms with Gasteiger partial charge in [-0.15, -0.1) is 6.67 Å². The zero-order valence-electron chi connectivity index (χ0n) is 26.6. The molecule has 0 atom stereocenters. The molecule has 2 heterocycles. The number of benzene rings is 3. The maximum absolute atomic E-state index is 4.81. The molecule has 2 aliphatic heterocycles. The number of hydrogen-bond acceptors (Lipinski definition) is 3. The van der Waals surface area contributed by atoms with Crippen LogP contribution in [0.2, 0.25) is 0 Å². The Bertz CT molecular complexity index is 1210. The van der Waals surface area contributed by atoms with Crippen LogP contribution in [0, 0.1) is 6.67 Å².